The smallest absolute Gasteiger partial charge is 0.194 e. The largest absolute Gasteiger partial charge is 0.392 e. The van der Waals surface area contributed by atoms with Crippen molar-refractivity contribution < 1.29 is 24.5 Å². The molecule has 1 aromatic rings. The number of piperidine rings is 4. The van der Waals surface area contributed by atoms with Gasteiger partial charge in [-0.1, -0.05) is 38.5 Å². The Hall–Kier alpha value is -1.18. The van der Waals surface area contributed by atoms with Gasteiger partial charge in [0.15, 0.2) is 6.23 Å². The van der Waals surface area contributed by atoms with Crippen LogP contribution in [0.2, 0.25) is 0 Å². The first-order valence-electron chi connectivity index (χ1n) is 13.2. The molecule has 5 heterocycles. The molecule has 0 amide bonds. The average molecular weight is 458 g/mol. The Morgan fingerprint density at radius 2 is 2.00 bits per heavy atom. The molecule has 6 aliphatic rings. The van der Waals surface area contributed by atoms with Crippen molar-refractivity contribution in [1.82, 2.24) is 0 Å². The minimum absolute atomic E-state index is 0.150. The van der Waals surface area contributed by atoms with Gasteiger partial charge in [0.05, 0.1) is 30.2 Å². The second kappa shape index (κ2) is 7.66. The minimum Gasteiger partial charge on any atom is -0.392 e. The molecule has 0 aromatic heterocycles. The highest BCUT2D eigenvalue weighted by atomic mass is 16.5. The van der Waals surface area contributed by atoms with Crippen LogP contribution in [0.15, 0.2) is 24.3 Å². The molecule has 4 saturated heterocycles. The summed E-state index contributed by atoms with van der Waals surface area (Å²) >= 11 is 0. The number of hydrogen-bond acceptors (Lipinski definition) is 5. The first-order chi connectivity index (χ1) is 15.9. The van der Waals surface area contributed by atoms with Crippen molar-refractivity contribution in [2.45, 2.75) is 87.9 Å². The molecule has 33 heavy (non-hydrogen) atoms. The molecular weight excluding hydrogens is 416 g/mol. The number of nitrogens with zero attached hydrogens (tertiary/aromatic N) is 2. The van der Waals surface area contributed by atoms with Crippen LogP contribution in [0.5, 0.6) is 0 Å². The van der Waals surface area contributed by atoms with Crippen LogP contribution >= 0.6 is 0 Å². The lowest BCUT2D eigenvalue weighted by Gasteiger charge is -2.68. The highest BCUT2D eigenvalue weighted by Gasteiger charge is 2.83. The predicted octanol–water partition coefficient (Wildman–Crippen LogP) is 2.25. The van der Waals surface area contributed by atoms with Crippen molar-refractivity contribution in [3.63, 3.8) is 0 Å². The number of aliphatic hydroxyl groups excluding tert-OH is 3. The van der Waals surface area contributed by atoms with E-state index < -0.39 is 18.4 Å². The highest BCUT2D eigenvalue weighted by Crippen LogP contribution is 2.71. The summed E-state index contributed by atoms with van der Waals surface area (Å²) in [6.07, 6.45) is 3.44. The number of quaternary nitrogens is 1. The number of unbranched alkanes of at least 4 members (excludes halogenated alkanes) is 1. The fourth-order valence-electron chi connectivity index (χ4n) is 9.64. The molecule has 11 atom stereocenters. The van der Waals surface area contributed by atoms with Gasteiger partial charge in [0.25, 0.3) is 0 Å². The number of aliphatic hydroxyl groups is 3. The van der Waals surface area contributed by atoms with Crippen molar-refractivity contribution in [3.8, 4) is 0 Å². The normalized spacial score (nSPS) is 47.2. The lowest BCUT2D eigenvalue weighted by Crippen LogP contribution is -2.83. The topological polar surface area (TPSA) is 73.2 Å². The molecule has 5 bridgehead atoms. The van der Waals surface area contributed by atoms with Gasteiger partial charge in [-0.15, -0.1) is 0 Å². The first kappa shape index (κ1) is 22.3. The van der Waals surface area contributed by atoms with Crippen LogP contribution in [0.4, 0.5) is 5.69 Å². The van der Waals surface area contributed by atoms with E-state index in [1.165, 1.54) is 11.3 Å². The van der Waals surface area contributed by atoms with Gasteiger partial charge in [-0.3, -0.25) is 4.48 Å². The maximum absolute atomic E-state index is 12.1. The number of ether oxygens (including phenoxy) is 1. The Morgan fingerprint density at radius 1 is 1.21 bits per heavy atom. The third-order valence-corrected chi connectivity index (χ3v) is 10.6. The SMILES string of the molecule is CCCCOCC(O)C[N+]12[C@H](O)[C@@H](CC)C3C[C@H]1[C@@H]1N(C)c4ccccc4C14C[C@H]2C3[C@H]4O. The van der Waals surface area contributed by atoms with Crippen molar-refractivity contribution in [3.05, 3.63) is 29.8 Å². The first-order valence-corrected chi connectivity index (χ1v) is 13.2. The Balaban J connectivity index is 1.43. The van der Waals surface area contributed by atoms with Crippen molar-refractivity contribution >= 4 is 5.69 Å². The molecule has 1 aromatic carbocycles. The van der Waals surface area contributed by atoms with Crippen molar-refractivity contribution in [2.24, 2.45) is 17.8 Å². The second-order valence-corrected chi connectivity index (χ2v) is 11.6. The average Bonchev–Trinajstić information content (AvgIpc) is 3.20. The zero-order valence-electron chi connectivity index (χ0n) is 20.3. The van der Waals surface area contributed by atoms with E-state index in [1.54, 1.807) is 0 Å². The van der Waals surface area contributed by atoms with Crippen LogP contribution in [0.25, 0.3) is 0 Å². The number of fused-ring (bicyclic) bond motifs is 2. The van der Waals surface area contributed by atoms with Crippen molar-refractivity contribution in [2.75, 3.05) is 31.7 Å². The molecule has 0 radical (unpaired) electrons. The lowest BCUT2D eigenvalue weighted by atomic mass is 9.60. The Kier molecular flexibility index (Phi) is 5.17. The van der Waals surface area contributed by atoms with Gasteiger partial charge in [-0.2, -0.15) is 0 Å². The van der Waals surface area contributed by atoms with E-state index in [-0.39, 0.29) is 35.4 Å². The zero-order valence-corrected chi connectivity index (χ0v) is 20.3. The van der Waals surface area contributed by atoms with E-state index in [0.717, 1.165) is 32.1 Å². The molecule has 5 unspecified atom stereocenters. The van der Waals surface area contributed by atoms with Gasteiger partial charge in [-0.05, 0) is 30.4 Å². The number of benzene rings is 1. The molecule has 5 fully saturated rings. The minimum atomic E-state index is -0.605. The summed E-state index contributed by atoms with van der Waals surface area (Å²) in [6.45, 7) is 5.84. The van der Waals surface area contributed by atoms with E-state index in [4.69, 9.17) is 4.74 Å². The second-order valence-electron chi connectivity index (χ2n) is 11.6. The molecule has 1 saturated carbocycles. The quantitative estimate of drug-likeness (QED) is 0.413. The maximum Gasteiger partial charge on any atom is 0.194 e. The van der Waals surface area contributed by atoms with Crippen molar-refractivity contribution in [1.29, 1.82) is 0 Å². The van der Waals surface area contributed by atoms with Gasteiger partial charge < -0.3 is 25.0 Å². The molecule has 1 aliphatic carbocycles. The maximum atomic E-state index is 12.1. The van der Waals surface area contributed by atoms with E-state index in [1.807, 2.05) is 0 Å². The number of anilines is 1. The summed E-state index contributed by atoms with van der Waals surface area (Å²) in [4.78, 5) is 2.40. The van der Waals surface area contributed by atoms with E-state index in [0.29, 0.717) is 30.2 Å². The van der Waals surface area contributed by atoms with Gasteiger partial charge in [0.2, 0.25) is 0 Å². The van der Waals surface area contributed by atoms with Crippen LogP contribution in [0.1, 0.15) is 51.5 Å². The zero-order chi connectivity index (χ0) is 23.1. The molecular formula is C27H41N2O4+. The summed E-state index contributed by atoms with van der Waals surface area (Å²) in [5, 5.41) is 35.2. The monoisotopic (exact) mass is 457 g/mol. The fraction of sp³-hybridized carbons (Fsp3) is 0.778. The van der Waals surface area contributed by atoms with Crippen LogP contribution in [0.3, 0.4) is 0 Å². The third kappa shape index (κ3) is 2.57. The van der Waals surface area contributed by atoms with Gasteiger partial charge >= 0.3 is 0 Å². The molecule has 3 N–H and O–H groups in total. The summed E-state index contributed by atoms with van der Waals surface area (Å²) in [7, 11) is 2.18. The molecule has 7 rings (SSSR count). The summed E-state index contributed by atoms with van der Waals surface area (Å²) in [6, 6.07) is 9.18. The van der Waals surface area contributed by atoms with Gasteiger partial charge in [0.1, 0.15) is 18.7 Å². The van der Waals surface area contributed by atoms with Gasteiger partial charge in [-0.25, -0.2) is 0 Å². The van der Waals surface area contributed by atoms with E-state index >= 15 is 0 Å². The standard InChI is InChI=1S/C27H41N2O4/c1-4-6-11-33-15-16(30)14-29-21-12-18(17(5-2)26(29)32)23-22(29)13-27(25(23)31)19-9-7-8-10-20(19)28(3)24(21)27/h7-10,16-18,21-26,30-32H,4-6,11-15H2,1-3H3/q+1/t16?,17-,18?,21-,22-,23?,24-,25+,26+,27?,29?/m0/s1. The Bertz CT molecular complexity index is 912. The Morgan fingerprint density at radius 3 is 2.76 bits per heavy atom. The molecule has 6 heteroatoms. The number of hydrogen-bond donors (Lipinski definition) is 3. The highest BCUT2D eigenvalue weighted by molar-refractivity contribution is 5.66. The van der Waals surface area contributed by atoms with Crippen LogP contribution in [-0.2, 0) is 10.2 Å². The molecule has 182 valence electrons. The Labute approximate surface area is 197 Å². The van der Waals surface area contributed by atoms with E-state index in [9.17, 15) is 15.3 Å². The number of para-hydroxylation sites is 1. The number of likely N-dealkylation sites (N-methyl/N-ethyl adjacent to an activating group) is 1. The predicted molar refractivity (Wildman–Crippen MR) is 127 cm³/mol. The van der Waals surface area contributed by atoms with Gasteiger partial charge in [0, 0.05) is 44.0 Å². The molecule has 6 nitrogen and oxygen atoms in total. The fourth-order valence-corrected chi connectivity index (χ4v) is 9.64. The lowest BCUT2D eigenvalue weighted by molar-refractivity contribution is -1.04. The molecule has 5 aliphatic heterocycles. The van der Waals surface area contributed by atoms with E-state index in [2.05, 4.69) is 50.1 Å². The number of rotatable bonds is 8. The summed E-state index contributed by atoms with van der Waals surface area (Å²) < 4.78 is 6.36. The third-order valence-electron chi connectivity index (χ3n) is 10.6. The van der Waals surface area contributed by atoms with Crippen LogP contribution in [0, 0.1) is 17.8 Å². The summed E-state index contributed by atoms with van der Waals surface area (Å²) in [5.41, 5.74) is 2.27. The van der Waals surface area contributed by atoms with Crippen LogP contribution in [-0.4, -0.2) is 83.2 Å². The molecule has 1 spiro atoms. The van der Waals surface area contributed by atoms with Crippen LogP contribution < -0.4 is 4.90 Å². The summed E-state index contributed by atoms with van der Waals surface area (Å²) in [5.74, 6) is 0.728.